The van der Waals surface area contributed by atoms with Crippen LogP contribution in [0.5, 0.6) is 5.75 Å². The smallest absolute Gasteiger partial charge is 0.467 e. The second-order valence-electron chi connectivity index (χ2n) is 7.18. The minimum absolute atomic E-state index is 0.0664. The Balaban J connectivity index is 2.18. The fourth-order valence-electron chi connectivity index (χ4n) is 2.85. The van der Waals surface area contributed by atoms with Crippen molar-refractivity contribution >= 4 is 18.9 Å². The number of furan rings is 1. The molecule has 6 nitrogen and oxygen atoms in total. The first kappa shape index (κ1) is 18.7. The van der Waals surface area contributed by atoms with Crippen LogP contribution >= 0.6 is 0 Å². The normalized spacial score (nSPS) is 18.1. The van der Waals surface area contributed by atoms with Crippen LogP contribution in [-0.4, -0.2) is 38.5 Å². The summed E-state index contributed by atoms with van der Waals surface area (Å²) in [6.07, 6.45) is 2.35. The molecule has 1 saturated heterocycles. The van der Waals surface area contributed by atoms with Crippen LogP contribution in [0.1, 0.15) is 38.1 Å². The van der Waals surface area contributed by atoms with Gasteiger partial charge in [-0.1, -0.05) is 0 Å². The van der Waals surface area contributed by atoms with Gasteiger partial charge in [0, 0.05) is 18.1 Å². The third-order valence-corrected chi connectivity index (χ3v) is 4.96. The van der Waals surface area contributed by atoms with Gasteiger partial charge in [0.25, 0.3) is 0 Å². The van der Waals surface area contributed by atoms with Crippen LogP contribution in [0.15, 0.2) is 34.9 Å². The van der Waals surface area contributed by atoms with E-state index in [9.17, 15) is 4.79 Å². The Morgan fingerprint density at radius 2 is 1.81 bits per heavy atom. The molecule has 138 valence electrons. The Bertz CT molecular complexity index is 766. The summed E-state index contributed by atoms with van der Waals surface area (Å²) in [4.78, 5) is 11.7. The van der Waals surface area contributed by atoms with Gasteiger partial charge in [-0.05, 0) is 52.0 Å². The molecule has 26 heavy (non-hydrogen) atoms. The number of ether oxygens (including phenoxy) is 2. The Hall–Kier alpha value is -2.09. The topological polar surface area (TPSA) is 67.1 Å². The van der Waals surface area contributed by atoms with E-state index < -0.39 is 18.3 Å². The third-order valence-electron chi connectivity index (χ3n) is 4.96. The molecular formula is C19H23BO6. The number of rotatable bonds is 6. The standard InChI is InChI=1S/C19H23BO6/c1-18(2)19(3,4)26-20(25-18)17-13(11-21)8-9-15(24-12-22-5)16(17)14-7-6-10-23-14/h6-11H,12H2,1-5H3. The Kier molecular flexibility index (Phi) is 4.97. The lowest BCUT2D eigenvalue weighted by molar-refractivity contribution is 0.00578. The molecule has 0 aliphatic carbocycles. The van der Waals surface area contributed by atoms with Crippen molar-refractivity contribution < 1.29 is 28.0 Å². The summed E-state index contributed by atoms with van der Waals surface area (Å²) in [6, 6.07) is 6.98. The van der Waals surface area contributed by atoms with Crippen LogP contribution in [0.4, 0.5) is 0 Å². The average molecular weight is 358 g/mol. The van der Waals surface area contributed by atoms with E-state index in [-0.39, 0.29) is 6.79 Å². The predicted molar refractivity (Wildman–Crippen MR) is 97.8 cm³/mol. The maximum Gasteiger partial charge on any atom is 0.496 e. The second kappa shape index (κ2) is 6.91. The van der Waals surface area contributed by atoms with E-state index in [1.165, 1.54) is 0 Å². The zero-order valence-corrected chi connectivity index (χ0v) is 15.7. The van der Waals surface area contributed by atoms with Gasteiger partial charge in [0.1, 0.15) is 17.8 Å². The van der Waals surface area contributed by atoms with E-state index in [4.69, 9.17) is 23.2 Å². The lowest BCUT2D eigenvalue weighted by atomic mass is 9.72. The van der Waals surface area contributed by atoms with Crippen LogP contribution in [0.25, 0.3) is 11.3 Å². The van der Waals surface area contributed by atoms with Gasteiger partial charge in [-0.2, -0.15) is 0 Å². The molecular weight excluding hydrogens is 335 g/mol. The SMILES string of the molecule is COCOc1ccc(C=O)c(B2OC(C)(C)C(C)(C)O2)c1-c1ccco1. The number of carbonyl (C=O) groups excluding carboxylic acids is 1. The zero-order valence-electron chi connectivity index (χ0n) is 15.7. The van der Waals surface area contributed by atoms with Gasteiger partial charge in [0.2, 0.25) is 0 Å². The molecule has 7 heteroatoms. The van der Waals surface area contributed by atoms with Crippen molar-refractivity contribution in [2.24, 2.45) is 0 Å². The van der Waals surface area contributed by atoms with Gasteiger partial charge in [-0.3, -0.25) is 4.79 Å². The van der Waals surface area contributed by atoms with Gasteiger partial charge < -0.3 is 23.2 Å². The highest BCUT2D eigenvalue weighted by atomic mass is 16.7. The molecule has 3 rings (SSSR count). The number of methoxy groups -OCH3 is 1. The molecule has 1 aromatic heterocycles. The van der Waals surface area contributed by atoms with Gasteiger partial charge >= 0.3 is 7.12 Å². The second-order valence-corrected chi connectivity index (χ2v) is 7.18. The first-order valence-electron chi connectivity index (χ1n) is 8.44. The van der Waals surface area contributed by atoms with Crippen molar-refractivity contribution in [2.75, 3.05) is 13.9 Å². The third kappa shape index (κ3) is 3.18. The number of hydrogen-bond donors (Lipinski definition) is 0. The monoisotopic (exact) mass is 358 g/mol. The fourth-order valence-corrected chi connectivity index (χ4v) is 2.85. The van der Waals surface area contributed by atoms with Gasteiger partial charge in [0.15, 0.2) is 6.79 Å². The summed E-state index contributed by atoms with van der Waals surface area (Å²) in [5.41, 5.74) is 0.584. The zero-order chi connectivity index (χ0) is 18.9. The van der Waals surface area contributed by atoms with Crippen LogP contribution in [-0.2, 0) is 14.0 Å². The summed E-state index contributed by atoms with van der Waals surface area (Å²) in [6.45, 7) is 7.92. The molecule has 0 spiro atoms. The highest BCUT2D eigenvalue weighted by molar-refractivity contribution is 6.65. The number of benzene rings is 1. The van der Waals surface area contributed by atoms with Crippen LogP contribution in [0.3, 0.4) is 0 Å². The summed E-state index contributed by atoms with van der Waals surface area (Å²) in [7, 11) is 0.813. The minimum atomic E-state index is -0.730. The number of aldehydes is 1. The molecule has 0 radical (unpaired) electrons. The molecule has 0 amide bonds. The Labute approximate surface area is 153 Å². The average Bonchev–Trinajstić information content (AvgIpc) is 3.18. The van der Waals surface area contributed by atoms with Gasteiger partial charge in [-0.15, -0.1) is 0 Å². The van der Waals surface area contributed by atoms with E-state index in [1.54, 1.807) is 37.6 Å². The Morgan fingerprint density at radius 3 is 2.35 bits per heavy atom. The highest BCUT2D eigenvalue weighted by Crippen LogP contribution is 2.39. The lowest BCUT2D eigenvalue weighted by Crippen LogP contribution is -2.41. The fraction of sp³-hybridized carbons (Fsp3) is 0.421. The molecule has 0 N–H and O–H groups in total. The van der Waals surface area contributed by atoms with Crippen molar-refractivity contribution in [1.82, 2.24) is 0 Å². The molecule has 1 aromatic carbocycles. The molecule has 2 heterocycles. The van der Waals surface area contributed by atoms with Crippen molar-refractivity contribution in [3.8, 4) is 17.1 Å². The highest BCUT2D eigenvalue weighted by Gasteiger charge is 2.53. The minimum Gasteiger partial charge on any atom is -0.467 e. The summed E-state index contributed by atoms with van der Waals surface area (Å²) >= 11 is 0. The Morgan fingerprint density at radius 1 is 1.12 bits per heavy atom. The summed E-state index contributed by atoms with van der Waals surface area (Å²) in [5, 5.41) is 0. The molecule has 1 fully saturated rings. The van der Waals surface area contributed by atoms with Crippen LogP contribution < -0.4 is 10.2 Å². The molecule has 1 aliphatic heterocycles. The molecule has 0 bridgehead atoms. The van der Waals surface area contributed by atoms with Crippen LogP contribution in [0, 0.1) is 0 Å². The van der Waals surface area contributed by atoms with Crippen molar-refractivity contribution in [3.63, 3.8) is 0 Å². The van der Waals surface area contributed by atoms with E-state index in [2.05, 4.69) is 0 Å². The predicted octanol–water partition coefficient (Wildman–Crippen LogP) is 3.04. The van der Waals surface area contributed by atoms with E-state index >= 15 is 0 Å². The lowest BCUT2D eigenvalue weighted by Gasteiger charge is -2.32. The van der Waals surface area contributed by atoms with E-state index in [1.807, 2.05) is 27.7 Å². The van der Waals surface area contributed by atoms with Crippen LogP contribution in [0.2, 0.25) is 0 Å². The maximum atomic E-state index is 11.7. The molecule has 1 aliphatic rings. The number of carbonyl (C=O) groups is 1. The quantitative estimate of drug-likeness (QED) is 0.449. The largest absolute Gasteiger partial charge is 0.496 e. The molecule has 2 aromatic rings. The summed E-state index contributed by atoms with van der Waals surface area (Å²) in [5.74, 6) is 1.08. The van der Waals surface area contributed by atoms with Crippen molar-refractivity contribution in [2.45, 2.75) is 38.9 Å². The number of hydrogen-bond acceptors (Lipinski definition) is 6. The first-order chi connectivity index (χ1) is 12.3. The van der Waals surface area contributed by atoms with E-state index in [0.29, 0.717) is 28.1 Å². The van der Waals surface area contributed by atoms with Gasteiger partial charge in [0.05, 0.1) is 23.0 Å². The van der Waals surface area contributed by atoms with Crippen molar-refractivity contribution in [1.29, 1.82) is 0 Å². The molecule has 0 atom stereocenters. The molecule has 0 saturated carbocycles. The maximum absolute atomic E-state index is 11.7. The first-order valence-corrected chi connectivity index (χ1v) is 8.44. The summed E-state index contributed by atoms with van der Waals surface area (Å²) < 4.78 is 28.7. The van der Waals surface area contributed by atoms with Gasteiger partial charge in [-0.25, -0.2) is 0 Å². The van der Waals surface area contributed by atoms with E-state index in [0.717, 1.165) is 6.29 Å². The molecule has 0 unspecified atom stereocenters. The van der Waals surface area contributed by atoms with Crippen molar-refractivity contribution in [3.05, 3.63) is 36.1 Å².